The number of ether oxygens (including phenoxy) is 2. The minimum atomic E-state index is -0.324. The molecule has 0 saturated carbocycles. The maximum atomic E-state index is 5.32. The molecule has 3 heterocycles. The summed E-state index contributed by atoms with van der Waals surface area (Å²) >= 11 is 3.26. The van der Waals surface area contributed by atoms with Crippen LogP contribution in [-0.4, -0.2) is 48.3 Å². The van der Waals surface area contributed by atoms with Crippen molar-refractivity contribution in [2.75, 3.05) is 32.3 Å². The van der Waals surface area contributed by atoms with Gasteiger partial charge < -0.3 is 14.8 Å². The highest BCUT2D eigenvalue weighted by molar-refractivity contribution is 7.98. The molecule has 3 aromatic heterocycles. The summed E-state index contributed by atoms with van der Waals surface area (Å²) in [5.74, 6) is 0.836. The van der Waals surface area contributed by atoms with Crippen molar-refractivity contribution >= 4 is 49.3 Å². The van der Waals surface area contributed by atoms with Gasteiger partial charge in [-0.2, -0.15) is 0 Å². The summed E-state index contributed by atoms with van der Waals surface area (Å²) in [4.78, 5) is 15.8. The van der Waals surface area contributed by atoms with Crippen molar-refractivity contribution in [1.82, 2.24) is 15.0 Å². The molecule has 1 aliphatic rings. The predicted octanol–water partition coefficient (Wildman–Crippen LogP) is 4.82. The maximum absolute atomic E-state index is 5.32. The number of unbranched alkanes of at least 4 members (excludes halogenated alkanes) is 1. The van der Waals surface area contributed by atoms with E-state index in [1.54, 1.807) is 37.3 Å². The van der Waals surface area contributed by atoms with Crippen molar-refractivity contribution in [2.45, 2.75) is 56.9 Å². The SMILES string of the molecule is CCCCc1nc2sc3c(NCC(OC)OC)nc(SC)nc3c2c2c1CCC2. The average Bonchev–Trinajstić information content (AvgIpc) is 3.36. The summed E-state index contributed by atoms with van der Waals surface area (Å²) in [5, 5.41) is 5.43. The molecule has 0 radical (unpaired) electrons. The summed E-state index contributed by atoms with van der Waals surface area (Å²) in [5.41, 5.74) is 5.27. The molecule has 4 rings (SSSR count). The number of methoxy groups -OCH3 is 2. The van der Waals surface area contributed by atoms with Gasteiger partial charge in [-0.05, 0) is 49.5 Å². The molecule has 29 heavy (non-hydrogen) atoms. The van der Waals surface area contributed by atoms with Crippen LogP contribution < -0.4 is 5.32 Å². The van der Waals surface area contributed by atoms with Gasteiger partial charge in [0.15, 0.2) is 11.4 Å². The van der Waals surface area contributed by atoms with Gasteiger partial charge in [-0.3, -0.25) is 0 Å². The van der Waals surface area contributed by atoms with Crippen LogP contribution in [0.15, 0.2) is 5.16 Å². The quantitative estimate of drug-likeness (QED) is 0.295. The fourth-order valence-corrected chi connectivity index (χ4v) is 5.52. The van der Waals surface area contributed by atoms with Gasteiger partial charge in [-0.25, -0.2) is 15.0 Å². The number of hydrogen-bond donors (Lipinski definition) is 1. The van der Waals surface area contributed by atoms with Gasteiger partial charge in [0.2, 0.25) is 0 Å². The molecule has 1 aliphatic carbocycles. The van der Waals surface area contributed by atoms with Gasteiger partial charge in [0.1, 0.15) is 10.6 Å². The van der Waals surface area contributed by atoms with Crippen LogP contribution in [0.4, 0.5) is 5.82 Å². The van der Waals surface area contributed by atoms with E-state index in [2.05, 4.69) is 12.2 Å². The Kier molecular flexibility index (Phi) is 6.53. The first-order valence-electron chi connectivity index (χ1n) is 10.2. The number of nitrogens with zero attached hydrogens (tertiary/aromatic N) is 3. The second-order valence-corrected chi connectivity index (χ2v) is 9.05. The Morgan fingerprint density at radius 1 is 1.14 bits per heavy atom. The Balaban J connectivity index is 1.86. The molecule has 0 bridgehead atoms. The van der Waals surface area contributed by atoms with Crippen molar-refractivity contribution in [2.24, 2.45) is 0 Å². The van der Waals surface area contributed by atoms with E-state index in [4.69, 9.17) is 24.4 Å². The Labute approximate surface area is 179 Å². The number of hydrogen-bond acceptors (Lipinski definition) is 8. The molecule has 3 aromatic rings. The molecule has 0 fully saturated rings. The Bertz CT molecular complexity index is 1020. The van der Waals surface area contributed by atoms with Crippen LogP contribution in [0.25, 0.3) is 20.4 Å². The Hall–Kier alpha value is -1.48. The number of thioether (sulfide) groups is 1. The monoisotopic (exact) mass is 432 g/mol. The largest absolute Gasteiger partial charge is 0.364 e. The zero-order chi connectivity index (χ0) is 20.4. The summed E-state index contributed by atoms with van der Waals surface area (Å²) < 4.78 is 11.7. The van der Waals surface area contributed by atoms with E-state index in [0.29, 0.717) is 6.54 Å². The molecule has 156 valence electrons. The number of aromatic nitrogens is 3. The Morgan fingerprint density at radius 2 is 1.93 bits per heavy atom. The second-order valence-electron chi connectivity index (χ2n) is 7.27. The lowest BCUT2D eigenvalue weighted by Gasteiger charge is -2.15. The van der Waals surface area contributed by atoms with Gasteiger partial charge in [-0.1, -0.05) is 25.1 Å². The molecule has 8 heteroatoms. The first-order valence-corrected chi connectivity index (χ1v) is 12.2. The van der Waals surface area contributed by atoms with Crippen LogP contribution >= 0.6 is 23.1 Å². The van der Waals surface area contributed by atoms with Crippen LogP contribution in [-0.2, 0) is 28.7 Å². The summed E-state index contributed by atoms with van der Waals surface area (Å²) in [6.45, 7) is 2.76. The Morgan fingerprint density at radius 3 is 2.66 bits per heavy atom. The minimum Gasteiger partial charge on any atom is -0.364 e. The third-order valence-corrected chi connectivity index (χ3v) is 7.14. The lowest BCUT2D eigenvalue weighted by Crippen LogP contribution is -2.24. The van der Waals surface area contributed by atoms with Gasteiger partial charge in [0, 0.05) is 25.3 Å². The summed E-state index contributed by atoms with van der Waals surface area (Å²) in [7, 11) is 3.28. The van der Waals surface area contributed by atoms with E-state index in [-0.39, 0.29) is 6.29 Å². The number of pyridine rings is 1. The summed E-state index contributed by atoms with van der Waals surface area (Å²) in [6, 6.07) is 0. The van der Waals surface area contributed by atoms with Crippen LogP contribution in [0, 0.1) is 0 Å². The molecule has 0 saturated heterocycles. The smallest absolute Gasteiger partial charge is 0.189 e. The van der Waals surface area contributed by atoms with Crippen LogP contribution in [0.1, 0.15) is 43.0 Å². The van der Waals surface area contributed by atoms with Crippen molar-refractivity contribution in [3.63, 3.8) is 0 Å². The average molecular weight is 433 g/mol. The highest BCUT2D eigenvalue weighted by Crippen LogP contribution is 2.42. The standard InChI is InChI=1S/C21H28N4O2S2/c1-5-6-10-14-12-8-7-9-13(12)16-17-18(29-20(16)23-14)19(25-21(24-17)28-4)22-11-15(26-2)27-3/h15H,5-11H2,1-4H3,(H,22,24,25). The van der Waals surface area contributed by atoms with E-state index in [9.17, 15) is 0 Å². The van der Waals surface area contributed by atoms with E-state index < -0.39 is 0 Å². The number of thiophene rings is 1. The topological polar surface area (TPSA) is 69.2 Å². The van der Waals surface area contributed by atoms with Crippen molar-refractivity contribution in [3.8, 4) is 0 Å². The van der Waals surface area contributed by atoms with E-state index in [1.165, 1.54) is 41.5 Å². The maximum Gasteiger partial charge on any atom is 0.189 e. The molecule has 0 aromatic carbocycles. The number of nitrogens with one attached hydrogen (secondary N) is 1. The molecule has 0 amide bonds. The lowest BCUT2D eigenvalue weighted by atomic mass is 10.0. The zero-order valence-corrected chi connectivity index (χ0v) is 19.1. The molecular weight excluding hydrogens is 404 g/mol. The highest BCUT2D eigenvalue weighted by atomic mass is 32.2. The molecular formula is C21H28N4O2S2. The van der Waals surface area contributed by atoms with Crippen molar-refractivity contribution in [3.05, 3.63) is 16.8 Å². The van der Waals surface area contributed by atoms with Crippen LogP contribution in [0.2, 0.25) is 0 Å². The predicted molar refractivity (Wildman–Crippen MR) is 121 cm³/mol. The van der Waals surface area contributed by atoms with Crippen LogP contribution in [0.3, 0.4) is 0 Å². The molecule has 0 aliphatic heterocycles. The van der Waals surface area contributed by atoms with E-state index >= 15 is 0 Å². The van der Waals surface area contributed by atoms with Crippen LogP contribution in [0.5, 0.6) is 0 Å². The molecule has 1 N–H and O–H groups in total. The third kappa shape index (κ3) is 3.95. The fraction of sp³-hybridized carbons (Fsp3) is 0.571. The molecule has 0 atom stereocenters. The highest BCUT2D eigenvalue weighted by Gasteiger charge is 2.25. The third-order valence-electron chi connectivity index (χ3n) is 5.51. The van der Waals surface area contributed by atoms with Gasteiger partial charge in [-0.15, -0.1) is 11.3 Å². The van der Waals surface area contributed by atoms with Crippen molar-refractivity contribution < 1.29 is 9.47 Å². The molecule has 0 unspecified atom stereocenters. The van der Waals surface area contributed by atoms with E-state index in [0.717, 1.165) is 45.3 Å². The van der Waals surface area contributed by atoms with Gasteiger partial charge >= 0.3 is 0 Å². The number of fused-ring (bicyclic) bond motifs is 5. The van der Waals surface area contributed by atoms with Gasteiger partial charge in [0.25, 0.3) is 0 Å². The van der Waals surface area contributed by atoms with Gasteiger partial charge in [0.05, 0.1) is 16.8 Å². The molecule has 0 spiro atoms. The fourth-order valence-electron chi connectivity index (χ4n) is 4.03. The summed E-state index contributed by atoms with van der Waals surface area (Å²) in [6.07, 6.45) is 8.61. The number of anilines is 1. The minimum absolute atomic E-state index is 0.324. The first-order chi connectivity index (χ1) is 14.2. The first kappa shape index (κ1) is 20.8. The van der Waals surface area contributed by atoms with Crippen molar-refractivity contribution in [1.29, 1.82) is 0 Å². The molecule has 6 nitrogen and oxygen atoms in total. The van der Waals surface area contributed by atoms with E-state index in [1.807, 2.05) is 6.26 Å². The lowest BCUT2D eigenvalue weighted by molar-refractivity contribution is -0.0914. The number of aryl methyl sites for hydroxylation is 2. The normalized spacial score (nSPS) is 13.7. The number of rotatable bonds is 9. The zero-order valence-electron chi connectivity index (χ0n) is 17.5. The second kappa shape index (κ2) is 9.12.